The second kappa shape index (κ2) is 15.0. The van der Waals surface area contributed by atoms with Crippen LogP contribution in [0, 0.1) is 5.92 Å². The van der Waals surface area contributed by atoms with Crippen LogP contribution < -0.4 is 27.4 Å². The molecule has 0 saturated carbocycles. The molecule has 0 bridgehead atoms. The molecule has 0 fully saturated rings. The largest absolute Gasteiger partial charge is 0.480 e. The fourth-order valence-electron chi connectivity index (χ4n) is 3.31. The Labute approximate surface area is 194 Å². The maximum absolute atomic E-state index is 13.0. The molecular formula is C23H37N5O5. The summed E-state index contributed by atoms with van der Waals surface area (Å²) in [5, 5.41) is 17.3. The number of amides is 3. The molecule has 1 aromatic rings. The summed E-state index contributed by atoms with van der Waals surface area (Å²) in [5.41, 5.74) is 11.6. The minimum Gasteiger partial charge on any atom is -0.480 e. The van der Waals surface area contributed by atoms with Crippen molar-refractivity contribution in [3.63, 3.8) is 0 Å². The number of unbranched alkanes of at least 4 members (excludes halogenated alkanes) is 1. The number of nitrogens with one attached hydrogen (secondary N) is 3. The summed E-state index contributed by atoms with van der Waals surface area (Å²) >= 11 is 0. The van der Waals surface area contributed by atoms with Crippen LogP contribution in [-0.2, 0) is 25.6 Å². The van der Waals surface area contributed by atoms with Gasteiger partial charge in [-0.1, -0.05) is 44.2 Å². The average Bonchev–Trinajstić information content (AvgIpc) is 2.77. The van der Waals surface area contributed by atoms with Crippen LogP contribution in [0.25, 0.3) is 0 Å². The van der Waals surface area contributed by atoms with Crippen molar-refractivity contribution in [2.45, 2.75) is 64.1 Å². The SMILES string of the molecule is CC(C)CC(NC(=O)CN)C(=O)NC(Cc1ccccc1)C(=O)NC(CCCCN)C(=O)O. The number of carboxylic acid groups (broad SMARTS) is 1. The lowest BCUT2D eigenvalue weighted by Crippen LogP contribution is -2.57. The van der Waals surface area contributed by atoms with Gasteiger partial charge in [-0.3, -0.25) is 14.4 Å². The molecule has 0 aromatic heterocycles. The Bertz CT molecular complexity index is 772. The first kappa shape index (κ1) is 28.1. The van der Waals surface area contributed by atoms with Crippen LogP contribution in [0.5, 0.6) is 0 Å². The van der Waals surface area contributed by atoms with E-state index in [0.717, 1.165) is 5.56 Å². The first-order valence-corrected chi connectivity index (χ1v) is 11.2. The van der Waals surface area contributed by atoms with Crippen LogP contribution in [0.4, 0.5) is 0 Å². The summed E-state index contributed by atoms with van der Waals surface area (Å²) in [6.45, 7) is 3.97. The van der Waals surface area contributed by atoms with Gasteiger partial charge in [0.2, 0.25) is 17.7 Å². The van der Waals surface area contributed by atoms with Gasteiger partial charge in [-0.2, -0.15) is 0 Å². The predicted molar refractivity (Wildman–Crippen MR) is 125 cm³/mol. The molecule has 0 spiro atoms. The zero-order valence-electron chi connectivity index (χ0n) is 19.4. The van der Waals surface area contributed by atoms with E-state index < -0.39 is 41.8 Å². The monoisotopic (exact) mass is 463 g/mol. The number of rotatable bonds is 15. The lowest BCUT2D eigenvalue weighted by molar-refractivity contribution is -0.142. The Morgan fingerprint density at radius 3 is 2.03 bits per heavy atom. The molecule has 0 heterocycles. The van der Waals surface area contributed by atoms with E-state index in [4.69, 9.17) is 11.5 Å². The van der Waals surface area contributed by atoms with E-state index in [9.17, 15) is 24.3 Å². The van der Waals surface area contributed by atoms with E-state index in [0.29, 0.717) is 25.8 Å². The molecule has 3 atom stereocenters. The molecule has 1 aromatic carbocycles. The number of carbonyl (C=O) groups excluding carboxylic acids is 3. The number of carboxylic acids is 1. The Balaban J connectivity index is 3.04. The zero-order chi connectivity index (χ0) is 24.8. The van der Waals surface area contributed by atoms with E-state index in [1.807, 2.05) is 44.2 Å². The van der Waals surface area contributed by atoms with Gasteiger partial charge in [-0.25, -0.2) is 4.79 Å². The quantitative estimate of drug-likeness (QED) is 0.197. The van der Waals surface area contributed by atoms with E-state index in [-0.39, 0.29) is 25.3 Å². The van der Waals surface area contributed by atoms with Crippen LogP contribution in [0.3, 0.4) is 0 Å². The Kier molecular flexibility index (Phi) is 12.7. The van der Waals surface area contributed by atoms with Gasteiger partial charge in [-0.15, -0.1) is 0 Å². The molecule has 0 radical (unpaired) electrons. The Hall–Kier alpha value is -2.98. The van der Waals surface area contributed by atoms with E-state index in [2.05, 4.69) is 16.0 Å². The molecule has 1 rings (SSSR count). The van der Waals surface area contributed by atoms with Gasteiger partial charge in [0, 0.05) is 6.42 Å². The minimum atomic E-state index is -1.15. The summed E-state index contributed by atoms with van der Waals surface area (Å²) in [6, 6.07) is 6.07. The van der Waals surface area contributed by atoms with E-state index >= 15 is 0 Å². The van der Waals surface area contributed by atoms with E-state index in [1.165, 1.54) is 0 Å². The maximum Gasteiger partial charge on any atom is 0.326 e. The van der Waals surface area contributed by atoms with Gasteiger partial charge in [0.1, 0.15) is 18.1 Å². The van der Waals surface area contributed by atoms with Crippen LogP contribution >= 0.6 is 0 Å². The van der Waals surface area contributed by atoms with Gasteiger partial charge in [-0.05, 0) is 43.7 Å². The number of benzene rings is 1. The molecule has 0 aliphatic heterocycles. The first-order valence-electron chi connectivity index (χ1n) is 11.2. The topological polar surface area (TPSA) is 177 Å². The van der Waals surface area contributed by atoms with Gasteiger partial charge in [0.05, 0.1) is 6.54 Å². The number of hydrogen-bond acceptors (Lipinski definition) is 6. The summed E-state index contributed by atoms with van der Waals surface area (Å²) in [5.74, 6) is -2.68. The zero-order valence-corrected chi connectivity index (χ0v) is 19.4. The fraction of sp³-hybridized carbons (Fsp3) is 0.565. The lowest BCUT2D eigenvalue weighted by atomic mass is 10.0. The Morgan fingerprint density at radius 2 is 1.48 bits per heavy atom. The summed E-state index contributed by atoms with van der Waals surface area (Å²) < 4.78 is 0. The minimum absolute atomic E-state index is 0.0964. The number of aliphatic carboxylic acids is 1. The van der Waals surface area contributed by atoms with Crippen molar-refractivity contribution in [1.82, 2.24) is 16.0 Å². The predicted octanol–water partition coefficient (Wildman–Crippen LogP) is -0.0981. The van der Waals surface area contributed by atoms with Gasteiger partial charge >= 0.3 is 5.97 Å². The van der Waals surface area contributed by atoms with Crippen molar-refractivity contribution in [2.24, 2.45) is 17.4 Å². The van der Waals surface area contributed by atoms with E-state index in [1.54, 1.807) is 0 Å². The van der Waals surface area contributed by atoms with Crippen LogP contribution in [0.1, 0.15) is 45.1 Å². The van der Waals surface area contributed by atoms with Crippen LogP contribution in [-0.4, -0.2) is 60.0 Å². The lowest BCUT2D eigenvalue weighted by Gasteiger charge is -2.25. The molecule has 33 heavy (non-hydrogen) atoms. The maximum atomic E-state index is 13.0. The second-order valence-electron chi connectivity index (χ2n) is 8.39. The molecule has 0 aliphatic rings. The van der Waals surface area contributed by atoms with Crippen molar-refractivity contribution >= 4 is 23.7 Å². The highest BCUT2D eigenvalue weighted by atomic mass is 16.4. The Morgan fingerprint density at radius 1 is 0.879 bits per heavy atom. The standard InChI is InChI=1S/C23H37N5O5/c1-15(2)12-18(26-20(29)14-25)21(30)28-19(13-16-8-4-3-5-9-16)22(31)27-17(23(32)33)10-6-7-11-24/h3-5,8-9,15,17-19H,6-7,10-14,24-25H2,1-2H3,(H,26,29)(H,27,31)(H,28,30)(H,32,33). The average molecular weight is 464 g/mol. The normalized spacial score (nSPS) is 13.6. The van der Waals surface area contributed by atoms with Crippen molar-refractivity contribution in [2.75, 3.05) is 13.1 Å². The number of nitrogens with two attached hydrogens (primary N) is 2. The van der Waals surface area contributed by atoms with Crippen molar-refractivity contribution in [1.29, 1.82) is 0 Å². The number of hydrogen-bond donors (Lipinski definition) is 6. The van der Waals surface area contributed by atoms with Gasteiger partial charge in [0.15, 0.2) is 0 Å². The summed E-state index contributed by atoms with van der Waals surface area (Å²) in [6.07, 6.45) is 1.93. The number of carbonyl (C=O) groups is 4. The highest BCUT2D eigenvalue weighted by Gasteiger charge is 2.29. The third-order valence-electron chi connectivity index (χ3n) is 5.02. The molecule has 8 N–H and O–H groups in total. The first-order chi connectivity index (χ1) is 15.7. The highest BCUT2D eigenvalue weighted by Crippen LogP contribution is 2.09. The second-order valence-corrected chi connectivity index (χ2v) is 8.39. The molecule has 0 aliphatic carbocycles. The fourth-order valence-corrected chi connectivity index (χ4v) is 3.31. The molecule has 3 unspecified atom stereocenters. The van der Waals surface area contributed by atoms with Gasteiger partial charge in [0.25, 0.3) is 0 Å². The van der Waals surface area contributed by atoms with Crippen molar-refractivity contribution in [3.05, 3.63) is 35.9 Å². The van der Waals surface area contributed by atoms with Crippen LogP contribution in [0.15, 0.2) is 30.3 Å². The smallest absolute Gasteiger partial charge is 0.326 e. The molecule has 0 saturated heterocycles. The summed E-state index contributed by atoms with van der Waals surface area (Å²) in [7, 11) is 0. The molecule has 10 nitrogen and oxygen atoms in total. The molecule has 10 heteroatoms. The van der Waals surface area contributed by atoms with Crippen LogP contribution in [0.2, 0.25) is 0 Å². The summed E-state index contributed by atoms with van der Waals surface area (Å²) in [4.78, 5) is 49.4. The molecule has 184 valence electrons. The molecule has 3 amide bonds. The third kappa shape index (κ3) is 10.9. The van der Waals surface area contributed by atoms with Gasteiger partial charge < -0.3 is 32.5 Å². The van der Waals surface area contributed by atoms with Crippen molar-refractivity contribution in [3.8, 4) is 0 Å². The molecular weight excluding hydrogens is 426 g/mol. The third-order valence-corrected chi connectivity index (χ3v) is 5.02. The highest BCUT2D eigenvalue weighted by molar-refractivity contribution is 5.93. The van der Waals surface area contributed by atoms with Crippen molar-refractivity contribution < 1.29 is 24.3 Å².